The number of benzene rings is 1. The number of esters is 2. The molecule has 1 rings (SSSR count). The van der Waals surface area contributed by atoms with Crippen LogP contribution >= 0.6 is 0 Å². The first-order valence-corrected chi connectivity index (χ1v) is 10.0. The molecule has 1 amide bonds. The van der Waals surface area contributed by atoms with Gasteiger partial charge in [-0.05, 0) is 23.8 Å². The van der Waals surface area contributed by atoms with Gasteiger partial charge in [-0.15, -0.1) is 0 Å². The molecule has 1 aromatic rings. The third-order valence-corrected chi connectivity index (χ3v) is 4.06. The summed E-state index contributed by atoms with van der Waals surface area (Å²) in [7, 11) is 0. The summed E-state index contributed by atoms with van der Waals surface area (Å²) >= 11 is 0. The van der Waals surface area contributed by atoms with Crippen LogP contribution in [-0.2, 0) is 30.4 Å². The summed E-state index contributed by atoms with van der Waals surface area (Å²) in [6.07, 6.45) is -0.730. The lowest BCUT2D eigenvalue weighted by molar-refractivity contribution is -0.168. The van der Waals surface area contributed by atoms with Crippen LogP contribution in [0.25, 0.3) is 0 Å². The molecule has 2 atom stereocenters. The molecular formula is C22H33NO6. The van der Waals surface area contributed by atoms with Crippen molar-refractivity contribution in [1.29, 1.82) is 0 Å². The van der Waals surface area contributed by atoms with Crippen LogP contribution in [0.2, 0.25) is 0 Å². The Kier molecular flexibility index (Phi) is 10.8. The van der Waals surface area contributed by atoms with Crippen LogP contribution in [0.3, 0.4) is 0 Å². The summed E-state index contributed by atoms with van der Waals surface area (Å²) < 4.78 is 15.4. The van der Waals surface area contributed by atoms with E-state index in [2.05, 4.69) is 5.32 Å². The standard InChI is InChI=1S/C22H33NO6/c1-15(2)11-19(12-20(24)27-14-18-9-7-6-8-10-18)13-23-22(26)29-17(5)28-21(25)16(3)4/h6-10,15-17,19H,11-14H2,1-5H3,(H,23,26). The average Bonchev–Trinajstić information content (AvgIpc) is 2.64. The van der Waals surface area contributed by atoms with Crippen LogP contribution < -0.4 is 5.32 Å². The maximum Gasteiger partial charge on any atom is 0.410 e. The van der Waals surface area contributed by atoms with Gasteiger partial charge in [0.1, 0.15) is 6.61 Å². The van der Waals surface area contributed by atoms with Crippen molar-refractivity contribution in [2.24, 2.45) is 17.8 Å². The molecule has 7 nitrogen and oxygen atoms in total. The third-order valence-electron chi connectivity index (χ3n) is 4.06. The number of amides is 1. The van der Waals surface area contributed by atoms with Gasteiger partial charge in [0.25, 0.3) is 0 Å². The second kappa shape index (κ2) is 12.8. The Morgan fingerprint density at radius 3 is 2.21 bits per heavy atom. The van der Waals surface area contributed by atoms with E-state index in [0.29, 0.717) is 5.92 Å². The molecule has 0 aliphatic carbocycles. The molecule has 0 fully saturated rings. The van der Waals surface area contributed by atoms with E-state index in [9.17, 15) is 14.4 Å². The fraction of sp³-hybridized carbons (Fsp3) is 0.591. The number of hydrogen-bond donors (Lipinski definition) is 1. The van der Waals surface area contributed by atoms with Crippen LogP contribution in [0.1, 0.15) is 53.0 Å². The van der Waals surface area contributed by atoms with Crippen molar-refractivity contribution in [3.63, 3.8) is 0 Å². The largest absolute Gasteiger partial charge is 0.461 e. The van der Waals surface area contributed by atoms with Gasteiger partial charge in [0.05, 0.1) is 12.3 Å². The van der Waals surface area contributed by atoms with Crippen LogP contribution in [0.4, 0.5) is 4.79 Å². The van der Waals surface area contributed by atoms with Crippen molar-refractivity contribution in [2.75, 3.05) is 6.54 Å². The Bertz CT molecular complexity index is 644. The Hall–Kier alpha value is -2.57. The molecule has 162 valence electrons. The second-order valence-electron chi connectivity index (χ2n) is 7.79. The number of alkyl carbamates (subject to hydrolysis) is 1. The highest BCUT2D eigenvalue weighted by atomic mass is 16.7. The van der Waals surface area contributed by atoms with Crippen LogP contribution in [0.5, 0.6) is 0 Å². The van der Waals surface area contributed by atoms with E-state index in [4.69, 9.17) is 14.2 Å². The zero-order chi connectivity index (χ0) is 21.8. The summed E-state index contributed by atoms with van der Waals surface area (Å²) in [6, 6.07) is 9.46. The van der Waals surface area contributed by atoms with E-state index in [0.717, 1.165) is 12.0 Å². The molecule has 29 heavy (non-hydrogen) atoms. The summed E-state index contributed by atoms with van der Waals surface area (Å²) in [5.74, 6) is -0.788. The van der Waals surface area contributed by atoms with Gasteiger partial charge in [-0.1, -0.05) is 58.0 Å². The van der Waals surface area contributed by atoms with Crippen LogP contribution in [0, 0.1) is 17.8 Å². The van der Waals surface area contributed by atoms with E-state index >= 15 is 0 Å². The first-order chi connectivity index (χ1) is 13.7. The topological polar surface area (TPSA) is 90.9 Å². The highest BCUT2D eigenvalue weighted by molar-refractivity contribution is 5.72. The highest BCUT2D eigenvalue weighted by Gasteiger charge is 2.20. The van der Waals surface area contributed by atoms with E-state index < -0.39 is 18.4 Å². The molecule has 0 saturated heterocycles. The SMILES string of the molecule is CC(C)CC(CNC(=O)OC(C)OC(=O)C(C)C)CC(=O)OCc1ccccc1. The first kappa shape index (κ1) is 24.5. The fourth-order valence-electron chi connectivity index (χ4n) is 2.68. The lowest BCUT2D eigenvalue weighted by atomic mass is 9.94. The number of rotatable bonds is 11. The Labute approximate surface area is 173 Å². The minimum absolute atomic E-state index is 0.0839. The van der Waals surface area contributed by atoms with Gasteiger partial charge in [0.15, 0.2) is 0 Å². The molecular weight excluding hydrogens is 374 g/mol. The molecule has 0 aromatic heterocycles. The van der Waals surface area contributed by atoms with Crippen molar-refractivity contribution in [3.8, 4) is 0 Å². The number of nitrogens with one attached hydrogen (secondary N) is 1. The molecule has 7 heteroatoms. The monoisotopic (exact) mass is 407 g/mol. The molecule has 0 heterocycles. The maximum absolute atomic E-state index is 12.2. The van der Waals surface area contributed by atoms with Gasteiger partial charge in [0.2, 0.25) is 6.29 Å². The molecule has 0 bridgehead atoms. The average molecular weight is 408 g/mol. The minimum atomic E-state index is -0.982. The Morgan fingerprint density at radius 1 is 0.966 bits per heavy atom. The predicted octanol–water partition coefficient (Wildman–Crippen LogP) is 4.05. The van der Waals surface area contributed by atoms with E-state index in [-0.39, 0.29) is 37.4 Å². The van der Waals surface area contributed by atoms with Crippen molar-refractivity contribution in [1.82, 2.24) is 5.32 Å². The van der Waals surface area contributed by atoms with Gasteiger partial charge in [0, 0.05) is 13.5 Å². The molecule has 2 unspecified atom stereocenters. The molecule has 0 spiro atoms. The third kappa shape index (κ3) is 11.1. The molecule has 0 saturated carbocycles. The minimum Gasteiger partial charge on any atom is -0.461 e. The molecule has 1 N–H and O–H groups in total. The Morgan fingerprint density at radius 2 is 1.62 bits per heavy atom. The zero-order valence-corrected chi connectivity index (χ0v) is 18.0. The molecule has 1 aromatic carbocycles. The number of ether oxygens (including phenoxy) is 3. The van der Waals surface area contributed by atoms with Gasteiger partial charge in [-0.3, -0.25) is 9.59 Å². The summed E-state index contributed by atoms with van der Waals surface area (Å²) in [4.78, 5) is 35.7. The summed E-state index contributed by atoms with van der Waals surface area (Å²) in [5, 5.41) is 2.64. The number of hydrogen-bond acceptors (Lipinski definition) is 6. The van der Waals surface area contributed by atoms with Crippen LogP contribution in [0.15, 0.2) is 30.3 Å². The van der Waals surface area contributed by atoms with E-state index in [1.165, 1.54) is 6.92 Å². The van der Waals surface area contributed by atoms with Crippen molar-refractivity contribution < 1.29 is 28.6 Å². The molecule has 0 radical (unpaired) electrons. The lowest BCUT2D eigenvalue weighted by Gasteiger charge is -2.20. The smallest absolute Gasteiger partial charge is 0.410 e. The number of carbonyl (C=O) groups excluding carboxylic acids is 3. The molecule has 0 aliphatic rings. The van der Waals surface area contributed by atoms with Gasteiger partial charge >= 0.3 is 18.0 Å². The first-order valence-electron chi connectivity index (χ1n) is 10.0. The molecule has 0 aliphatic heterocycles. The van der Waals surface area contributed by atoms with Crippen LogP contribution in [-0.4, -0.2) is 30.9 Å². The van der Waals surface area contributed by atoms with Crippen molar-refractivity contribution >= 4 is 18.0 Å². The van der Waals surface area contributed by atoms with Gasteiger partial charge in [-0.2, -0.15) is 0 Å². The van der Waals surface area contributed by atoms with Crippen molar-refractivity contribution in [3.05, 3.63) is 35.9 Å². The fourth-order valence-corrected chi connectivity index (χ4v) is 2.68. The Balaban J connectivity index is 2.44. The zero-order valence-electron chi connectivity index (χ0n) is 18.0. The van der Waals surface area contributed by atoms with E-state index in [1.54, 1.807) is 13.8 Å². The van der Waals surface area contributed by atoms with E-state index in [1.807, 2.05) is 44.2 Å². The van der Waals surface area contributed by atoms with Gasteiger partial charge < -0.3 is 19.5 Å². The maximum atomic E-state index is 12.2. The second-order valence-corrected chi connectivity index (χ2v) is 7.79. The lowest BCUT2D eigenvalue weighted by Crippen LogP contribution is -2.35. The normalized spacial score (nSPS) is 12.9. The highest BCUT2D eigenvalue weighted by Crippen LogP contribution is 2.16. The quantitative estimate of drug-likeness (QED) is 0.439. The number of carbonyl (C=O) groups is 3. The summed E-state index contributed by atoms with van der Waals surface area (Å²) in [6.45, 7) is 9.46. The van der Waals surface area contributed by atoms with Gasteiger partial charge in [-0.25, -0.2) is 4.79 Å². The predicted molar refractivity (Wildman–Crippen MR) is 109 cm³/mol. The summed E-state index contributed by atoms with van der Waals surface area (Å²) in [5.41, 5.74) is 0.924. The van der Waals surface area contributed by atoms with Crippen molar-refractivity contribution in [2.45, 2.75) is 60.4 Å².